The maximum atomic E-state index is 12.8. The highest BCUT2D eigenvalue weighted by atomic mass is 16.3. The minimum absolute atomic E-state index is 0.0838. The van der Waals surface area contributed by atoms with E-state index in [1.165, 1.54) is 0 Å². The zero-order valence-electron chi connectivity index (χ0n) is 19.0. The number of aryl methyl sites for hydroxylation is 1. The summed E-state index contributed by atoms with van der Waals surface area (Å²) in [6, 6.07) is 12.1. The van der Waals surface area contributed by atoms with Gasteiger partial charge in [0.05, 0.1) is 41.0 Å². The summed E-state index contributed by atoms with van der Waals surface area (Å²) in [6.45, 7) is 4.12. The molecule has 0 unspecified atom stereocenters. The number of fused-ring (bicyclic) bond motifs is 2. The number of anilines is 3. The average Bonchev–Trinajstić information content (AvgIpc) is 3.44. The predicted octanol–water partition coefficient (Wildman–Crippen LogP) is 3.65. The number of hydrogen-bond donors (Lipinski definition) is 3. The van der Waals surface area contributed by atoms with Crippen LogP contribution in [0.25, 0.3) is 16.6 Å². The number of piperidine rings is 1. The van der Waals surface area contributed by atoms with E-state index in [-0.39, 0.29) is 12.0 Å². The summed E-state index contributed by atoms with van der Waals surface area (Å²) in [7, 11) is 0. The molecule has 172 valence electrons. The van der Waals surface area contributed by atoms with Crippen LogP contribution in [0.15, 0.2) is 55.0 Å². The van der Waals surface area contributed by atoms with Gasteiger partial charge in [-0.2, -0.15) is 0 Å². The summed E-state index contributed by atoms with van der Waals surface area (Å²) in [5.74, 6) is 1.53. The number of nitrogens with zero attached hydrogens (tertiary/aromatic N) is 4. The third kappa shape index (κ3) is 3.47. The van der Waals surface area contributed by atoms with Crippen molar-refractivity contribution in [2.24, 2.45) is 0 Å². The normalized spacial score (nSPS) is 16.1. The molecule has 0 saturated carbocycles. The molecule has 1 saturated heterocycles. The summed E-state index contributed by atoms with van der Waals surface area (Å²) in [5, 5.41) is 16.1. The van der Waals surface area contributed by atoms with Gasteiger partial charge >= 0.3 is 0 Å². The highest BCUT2D eigenvalue weighted by molar-refractivity contribution is 6.06. The van der Waals surface area contributed by atoms with E-state index in [0.29, 0.717) is 17.9 Å². The van der Waals surface area contributed by atoms with Crippen molar-refractivity contribution in [2.45, 2.75) is 32.4 Å². The standard InChI is InChI=1S/C26H26N6O2/c1-16-27-15-23-20(3-2-10-32(16)23)19-5-6-22(25-21(19)14-29-26(25)34)30-24-7-4-17(13-28-24)31-11-8-18(33)9-12-31/h2-7,10,13,15,18,33H,8-9,11-12,14H2,1H3,(H,28,30)(H,29,34). The number of amides is 1. The van der Waals surface area contributed by atoms with Gasteiger partial charge in [-0.25, -0.2) is 9.97 Å². The van der Waals surface area contributed by atoms with Crippen molar-refractivity contribution in [2.75, 3.05) is 23.3 Å². The zero-order chi connectivity index (χ0) is 23.2. The van der Waals surface area contributed by atoms with Gasteiger partial charge in [0, 0.05) is 31.4 Å². The molecule has 1 amide bonds. The van der Waals surface area contributed by atoms with Crippen LogP contribution in [0.5, 0.6) is 0 Å². The summed E-state index contributed by atoms with van der Waals surface area (Å²) in [5.41, 5.74) is 6.52. The lowest BCUT2D eigenvalue weighted by atomic mass is 9.95. The topological polar surface area (TPSA) is 94.8 Å². The van der Waals surface area contributed by atoms with Gasteiger partial charge in [0.25, 0.3) is 5.91 Å². The van der Waals surface area contributed by atoms with Crippen LogP contribution in [-0.2, 0) is 6.54 Å². The number of aromatic nitrogens is 3. The molecule has 5 heterocycles. The van der Waals surface area contributed by atoms with Crippen molar-refractivity contribution in [1.29, 1.82) is 0 Å². The second-order valence-corrected chi connectivity index (χ2v) is 8.92. The summed E-state index contributed by atoms with van der Waals surface area (Å²) in [6.07, 6.45) is 7.08. The Bertz CT molecular complexity index is 1390. The number of aliphatic hydroxyl groups is 1. The summed E-state index contributed by atoms with van der Waals surface area (Å²) in [4.78, 5) is 24.1. The third-order valence-corrected chi connectivity index (χ3v) is 6.85. The highest BCUT2D eigenvalue weighted by Gasteiger charge is 2.27. The molecule has 1 aromatic carbocycles. The van der Waals surface area contributed by atoms with Crippen LogP contribution in [0.4, 0.5) is 17.2 Å². The molecular weight excluding hydrogens is 428 g/mol. The molecule has 2 aliphatic rings. The Kier molecular flexibility index (Phi) is 4.95. The summed E-state index contributed by atoms with van der Waals surface area (Å²) < 4.78 is 2.06. The molecule has 8 nitrogen and oxygen atoms in total. The van der Waals surface area contributed by atoms with Crippen LogP contribution in [-0.4, -0.2) is 44.6 Å². The van der Waals surface area contributed by atoms with E-state index < -0.39 is 0 Å². The van der Waals surface area contributed by atoms with E-state index in [1.54, 1.807) is 0 Å². The van der Waals surface area contributed by atoms with Crippen molar-refractivity contribution in [1.82, 2.24) is 19.7 Å². The molecule has 0 atom stereocenters. The minimum atomic E-state index is -0.202. The van der Waals surface area contributed by atoms with Crippen molar-refractivity contribution in [3.05, 3.63) is 71.9 Å². The van der Waals surface area contributed by atoms with E-state index in [1.807, 2.05) is 49.8 Å². The smallest absolute Gasteiger partial charge is 0.254 e. The Hall–Kier alpha value is -3.91. The van der Waals surface area contributed by atoms with Gasteiger partial charge in [-0.1, -0.05) is 12.1 Å². The van der Waals surface area contributed by atoms with E-state index in [2.05, 4.69) is 42.0 Å². The number of carbonyl (C=O) groups excluding carboxylic acids is 1. The van der Waals surface area contributed by atoms with Crippen LogP contribution in [0.1, 0.15) is 34.6 Å². The van der Waals surface area contributed by atoms with Crippen LogP contribution in [0.3, 0.4) is 0 Å². The first-order valence-electron chi connectivity index (χ1n) is 11.6. The van der Waals surface area contributed by atoms with Gasteiger partial charge in [-0.3, -0.25) is 4.79 Å². The lowest BCUT2D eigenvalue weighted by Crippen LogP contribution is -2.35. The van der Waals surface area contributed by atoms with E-state index >= 15 is 0 Å². The fourth-order valence-corrected chi connectivity index (χ4v) is 4.99. The molecule has 1 fully saturated rings. The number of hydrogen-bond acceptors (Lipinski definition) is 6. The molecule has 0 aliphatic carbocycles. The Morgan fingerprint density at radius 3 is 2.71 bits per heavy atom. The molecular formula is C26H26N6O2. The third-order valence-electron chi connectivity index (χ3n) is 6.85. The number of imidazole rings is 1. The number of aliphatic hydroxyl groups excluding tert-OH is 1. The molecule has 0 spiro atoms. The number of benzene rings is 1. The number of rotatable bonds is 4. The number of pyridine rings is 2. The van der Waals surface area contributed by atoms with Crippen LogP contribution < -0.4 is 15.5 Å². The van der Waals surface area contributed by atoms with Gasteiger partial charge in [0.2, 0.25) is 0 Å². The highest BCUT2D eigenvalue weighted by Crippen LogP contribution is 2.37. The predicted molar refractivity (Wildman–Crippen MR) is 132 cm³/mol. The van der Waals surface area contributed by atoms with Crippen LogP contribution >= 0.6 is 0 Å². The zero-order valence-corrected chi connectivity index (χ0v) is 19.0. The summed E-state index contributed by atoms with van der Waals surface area (Å²) >= 11 is 0. The van der Waals surface area contributed by atoms with Gasteiger partial charge < -0.3 is 25.0 Å². The Balaban J connectivity index is 1.32. The van der Waals surface area contributed by atoms with Crippen LogP contribution in [0, 0.1) is 6.92 Å². The first-order valence-corrected chi connectivity index (χ1v) is 11.6. The largest absolute Gasteiger partial charge is 0.393 e. The van der Waals surface area contributed by atoms with Gasteiger partial charge in [0.1, 0.15) is 11.6 Å². The molecule has 8 heteroatoms. The van der Waals surface area contributed by atoms with Gasteiger partial charge in [0.15, 0.2) is 0 Å². The molecule has 0 bridgehead atoms. The van der Waals surface area contributed by atoms with Crippen LogP contribution in [0.2, 0.25) is 0 Å². The molecule has 6 rings (SSSR count). The maximum Gasteiger partial charge on any atom is 0.254 e. The van der Waals surface area contributed by atoms with Gasteiger partial charge in [-0.15, -0.1) is 0 Å². The minimum Gasteiger partial charge on any atom is -0.393 e. The SMILES string of the molecule is Cc1ncc2c(-c3ccc(Nc4ccc(N5CCC(O)CC5)cn4)c4c3CNC4=O)cccn12. The van der Waals surface area contributed by atoms with Gasteiger partial charge in [-0.05, 0) is 55.2 Å². The molecule has 2 aliphatic heterocycles. The number of nitrogens with one attached hydrogen (secondary N) is 2. The van der Waals surface area contributed by atoms with E-state index in [9.17, 15) is 9.90 Å². The van der Waals surface area contributed by atoms with Crippen molar-refractivity contribution >= 4 is 28.6 Å². The second kappa shape index (κ2) is 8.14. The fraction of sp³-hybridized carbons (Fsp3) is 0.269. The number of carbonyl (C=O) groups is 1. The van der Waals surface area contributed by atoms with Crippen molar-refractivity contribution < 1.29 is 9.90 Å². The Morgan fingerprint density at radius 1 is 1.06 bits per heavy atom. The Morgan fingerprint density at radius 2 is 1.91 bits per heavy atom. The Labute approximate surface area is 197 Å². The molecule has 3 aromatic heterocycles. The molecule has 34 heavy (non-hydrogen) atoms. The monoisotopic (exact) mass is 454 g/mol. The molecule has 0 radical (unpaired) electrons. The molecule has 4 aromatic rings. The van der Waals surface area contributed by atoms with E-state index in [4.69, 9.17) is 0 Å². The molecule has 3 N–H and O–H groups in total. The maximum absolute atomic E-state index is 12.8. The van der Waals surface area contributed by atoms with Crippen molar-refractivity contribution in [3.63, 3.8) is 0 Å². The average molecular weight is 455 g/mol. The second-order valence-electron chi connectivity index (χ2n) is 8.92. The fourth-order valence-electron chi connectivity index (χ4n) is 4.99. The lowest BCUT2D eigenvalue weighted by Gasteiger charge is -2.31. The van der Waals surface area contributed by atoms with E-state index in [0.717, 1.165) is 65.3 Å². The lowest BCUT2D eigenvalue weighted by molar-refractivity contribution is 0.0966. The first-order chi connectivity index (χ1) is 16.6. The van der Waals surface area contributed by atoms with Crippen molar-refractivity contribution in [3.8, 4) is 11.1 Å². The quantitative estimate of drug-likeness (QED) is 0.436. The first kappa shape index (κ1) is 20.7.